The number of amides is 1. The average Bonchev–Trinajstić information content (AvgIpc) is 2.36. The second kappa shape index (κ2) is 5.54. The molecule has 98 valence electrons. The molecule has 2 heterocycles. The van der Waals surface area contributed by atoms with Gasteiger partial charge >= 0.3 is 0 Å². The highest BCUT2D eigenvalue weighted by Gasteiger charge is 2.13. The minimum atomic E-state index is -0.452. The molecule has 0 spiro atoms. The van der Waals surface area contributed by atoms with Gasteiger partial charge in [0.1, 0.15) is 17.3 Å². The summed E-state index contributed by atoms with van der Waals surface area (Å²) in [4.78, 5) is 20.1. The molecule has 2 aromatic heterocycles. The number of nitrogens with two attached hydrogens (primary N) is 1. The normalized spacial score (nSPS) is 10.3. The van der Waals surface area contributed by atoms with Crippen molar-refractivity contribution in [3.63, 3.8) is 0 Å². The van der Waals surface area contributed by atoms with Crippen molar-refractivity contribution in [2.45, 2.75) is 6.92 Å². The quantitative estimate of drug-likeness (QED) is 0.879. The van der Waals surface area contributed by atoms with Crippen LogP contribution in [0, 0.1) is 6.92 Å². The molecule has 2 rings (SSSR count). The number of nitrogens with one attached hydrogen (secondary N) is 1. The van der Waals surface area contributed by atoms with Crippen LogP contribution in [0.4, 0.5) is 11.6 Å². The molecule has 0 atom stereocenters. The van der Waals surface area contributed by atoms with E-state index in [1.54, 1.807) is 12.1 Å². The van der Waals surface area contributed by atoms with Crippen molar-refractivity contribution in [1.82, 2.24) is 9.97 Å². The Kier molecular flexibility index (Phi) is 4.01. The van der Waals surface area contributed by atoms with E-state index in [0.29, 0.717) is 5.82 Å². The van der Waals surface area contributed by atoms with Crippen LogP contribution in [0.15, 0.2) is 28.7 Å². The molecular weight excluding hydrogens is 332 g/mol. The largest absolute Gasteiger partial charge is 0.384 e. The van der Waals surface area contributed by atoms with Crippen molar-refractivity contribution >= 4 is 45.1 Å². The Morgan fingerprint density at radius 3 is 2.74 bits per heavy atom. The number of hydrogen-bond acceptors (Lipinski definition) is 4. The number of nitrogen functional groups attached to an aromatic ring is 1. The van der Waals surface area contributed by atoms with Gasteiger partial charge in [0.05, 0.1) is 10.7 Å². The first-order valence-electron chi connectivity index (χ1n) is 5.34. The van der Waals surface area contributed by atoms with Crippen LogP contribution in [0.3, 0.4) is 0 Å². The maximum absolute atomic E-state index is 12.0. The first-order chi connectivity index (χ1) is 8.97. The number of halogens is 2. The monoisotopic (exact) mass is 340 g/mol. The van der Waals surface area contributed by atoms with Gasteiger partial charge in [-0.25, -0.2) is 9.97 Å². The molecule has 0 aliphatic carbocycles. The van der Waals surface area contributed by atoms with E-state index < -0.39 is 5.91 Å². The molecule has 0 aromatic carbocycles. The lowest BCUT2D eigenvalue weighted by molar-refractivity contribution is 0.102. The van der Waals surface area contributed by atoms with E-state index in [1.807, 2.05) is 6.92 Å². The fourth-order valence-corrected chi connectivity index (χ4v) is 1.82. The van der Waals surface area contributed by atoms with E-state index >= 15 is 0 Å². The third-order valence-corrected chi connectivity index (χ3v) is 3.49. The fourth-order valence-electron chi connectivity index (χ4n) is 1.41. The topological polar surface area (TPSA) is 80.9 Å². The molecule has 0 saturated carbocycles. The van der Waals surface area contributed by atoms with Crippen molar-refractivity contribution in [2.75, 3.05) is 11.1 Å². The third-order valence-electron chi connectivity index (χ3n) is 2.35. The molecule has 0 radical (unpaired) electrons. The van der Waals surface area contributed by atoms with Gasteiger partial charge < -0.3 is 11.1 Å². The second-order valence-electron chi connectivity index (χ2n) is 3.78. The van der Waals surface area contributed by atoms with Crippen molar-refractivity contribution < 1.29 is 4.79 Å². The van der Waals surface area contributed by atoms with Crippen LogP contribution >= 0.6 is 27.5 Å². The van der Waals surface area contributed by atoms with Gasteiger partial charge in [0.15, 0.2) is 0 Å². The zero-order valence-electron chi connectivity index (χ0n) is 9.95. The Morgan fingerprint density at radius 1 is 1.32 bits per heavy atom. The summed E-state index contributed by atoms with van der Waals surface area (Å²) in [5, 5.41) is 2.86. The highest BCUT2D eigenvalue weighted by atomic mass is 79.9. The summed E-state index contributed by atoms with van der Waals surface area (Å²) >= 11 is 9.24. The number of pyridine rings is 2. The van der Waals surface area contributed by atoms with Gasteiger partial charge in [0.25, 0.3) is 5.91 Å². The van der Waals surface area contributed by atoms with Gasteiger partial charge in [-0.3, -0.25) is 4.79 Å². The molecule has 0 bridgehead atoms. The molecule has 5 nitrogen and oxygen atoms in total. The molecule has 0 saturated heterocycles. The van der Waals surface area contributed by atoms with Gasteiger partial charge in [-0.15, -0.1) is 0 Å². The summed E-state index contributed by atoms with van der Waals surface area (Å²) in [6.07, 6.45) is 0. The van der Waals surface area contributed by atoms with E-state index in [0.717, 1.165) is 10.2 Å². The molecule has 0 fully saturated rings. The standard InChI is InChI=1S/C12H10BrClN4O/c1-6-7(13)2-5-10(16-6)18-12(19)11-8(14)3-4-9(15)17-11/h2-5H,1H3,(H2,15,17)(H,16,18,19). The van der Waals surface area contributed by atoms with E-state index in [4.69, 9.17) is 17.3 Å². The van der Waals surface area contributed by atoms with Crippen molar-refractivity contribution in [1.29, 1.82) is 0 Å². The lowest BCUT2D eigenvalue weighted by Gasteiger charge is -2.07. The van der Waals surface area contributed by atoms with Crippen LogP contribution < -0.4 is 11.1 Å². The summed E-state index contributed by atoms with van der Waals surface area (Å²) in [7, 11) is 0. The van der Waals surface area contributed by atoms with E-state index in [-0.39, 0.29) is 16.5 Å². The first kappa shape index (κ1) is 13.8. The summed E-state index contributed by atoms with van der Waals surface area (Å²) in [5.74, 6) is 0.201. The smallest absolute Gasteiger partial charge is 0.277 e. The minimum Gasteiger partial charge on any atom is -0.384 e. The van der Waals surface area contributed by atoms with E-state index in [1.165, 1.54) is 12.1 Å². The maximum atomic E-state index is 12.0. The molecule has 3 N–H and O–H groups in total. The molecule has 0 aliphatic rings. The minimum absolute atomic E-state index is 0.0732. The van der Waals surface area contributed by atoms with Crippen molar-refractivity contribution in [3.05, 3.63) is 45.1 Å². The zero-order chi connectivity index (χ0) is 14.0. The van der Waals surface area contributed by atoms with Gasteiger partial charge in [-0.05, 0) is 47.1 Å². The van der Waals surface area contributed by atoms with Gasteiger partial charge in [0, 0.05) is 4.47 Å². The van der Waals surface area contributed by atoms with Crippen LogP contribution in [0.25, 0.3) is 0 Å². The van der Waals surface area contributed by atoms with Crippen molar-refractivity contribution in [3.8, 4) is 0 Å². The van der Waals surface area contributed by atoms with Gasteiger partial charge in [0.2, 0.25) is 0 Å². The lowest BCUT2D eigenvalue weighted by Crippen LogP contribution is -2.16. The van der Waals surface area contributed by atoms with Gasteiger partial charge in [-0.1, -0.05) is 11.6 Å². The molecule has 0 unspecified atom stereocenters. The van der Waals surface area contributed by atoms with Crippen LogP contribution in [0.5, 0.6) is 0 Å². The number of nitrogens with zero attached hydrogens (tertiary/aromatic N) is 2. The molecule has 0 aliphatic heterocycles. The molecule has 2 aromatic rings. The van der Waals surface area contributed by atoms with Crippen LogP contribution in [-0.4, -0.2) is 15.9 Å². The molecular formula is C12H10BrClN4O. The average molecular weight is 342 g/mol. The van der Waals surface area contributed by atoms with E-state index in [9.17, 15) is 4.79 Å². The number of carbonyl (C=O) groups excluding carboxylic acids is 1. The predicted octanol–water partition coefficient (Wildman–Crippen LogP) is 3.04. The van der Waals surface area contributed by atoms with Crippen molar-refractivity contribution in [2.24, 2.45) is 0 Å². The maximum Gasteiger partial charge on any atom is 0.277 e. The molecule has 19 heavy (non-hydrogen) atoms. The lowest BCUT2D eigenvalue weighted by atomic mass is 10.3. The summed E-state index contributed by atoms with van der Waals surface area (Å²) in [6, 6.07) is 6.53. The number of rotatable bonds is 2. The summed E-state index contributed by atoms with van der Waals surface area (Å²) < 4.78 is 0.866. The first-order valence-corrected chi connectivity index (χ1v) is 6.51. The number of carbonyl (C=O) groups is 1. The Morgan fingerprint density at radius 2 is 2.05 bits per heavy atom. The Labute approximate surface area is 123 Å². The predicted molar refractivity (Wildman–Crippen MR) is 78.3 cm³/mol. The van der Waals surface area contributed by atoms with Crippen LogP contribution in [0.1, 0.15) is 16.2 Å². The highest BCUT2D eigenvalue weighted by molar-refractivity contribution is 9.10. The number of hydrogen-bond donors (Lipinski definition) is 2. The Hall–Kier alpha value is -1.66. The van der Waals surface area contributed by atoms with Crippen LogP contribution in [-0.2, 0) is 0 Å². The third kappa shape index (κ3) is 3.21. The SMILES string of the molecule is Cc1nc(NC(=O)c2nc(N)ccc2Cl)ccc1Br. The van der Waals surface area contributed by atoms with Gasteiger partial charge in [-0.2, -0.15) is 0 Å². The number of aromatic nitrogens is 2. The number of aryl methyl sites for hydroxylation is 1. The Bertz CT molecular complexity index is 648. The highest BCUT2D eigenvalue weighted by Crippen LogP contribution is 2.19. The number of anilines is 2. The second-order valence-corrected chi connectivity index (χ2v) is 5.05. The summed E-state index contributed by atoms with van der Waals surface area (Å²) in [6.45, 7) is 1.82. The molecule has 1 amide bonds. The zero-order valence-corrected chi connectivity index (χ0v) is 12.3. The van der Waals surface area contributed by atoms with E-state index in [2.05, 4.69) is 31.2 Å². The Balaban J connectivity index is 2.25. The van der Waals surface area contributed by atoms with Crippen LogP contribution in [0.2, 0.25) is 5.02 Å². The summed E-state index contributed by atoms with van der Waals surface area (Å²) in [5.41, 5.74) is 6.37. The molecule has 7 heteroatoms. The fraction of sp³-hybridized carbons (Fsp3) is 0.0833.